The maximum Gasteiger partial charge on any atom is 0.0206 e. The van der Waals surface area contributed by atoms with Gasteiger partial charge in [0, 0.05) is 18.6 Å². The molecular weight excluding hydrogens is 208 g/mol. The maximum absolute atomic E-state index is 6.16. The van der Waals surface area contributed by atoms with Gasteiger partial charge in [0.2, 0.25) is 0 Å². The Morgan fingerprint density at radius 2 is 2.06 bits per heavy atom. The van der Waals surface area contributed by atoms with Crippen LogP contribution < -0.4 is 11.1 Å². The van der Waals surface area contributed by atoms with Crippen molar-refractivity contribution in [2.75, 3.05) is 6.54 Å². The molecule has 17 heavy (non-hydrogen) atoms. The second kappa shape index (κ2) is 6.18. The van der Waals surface area contributed by atoms with Gasteiger partial charge in [-0.1, -0.05) is 37.3 Å². The van der Waals surface area contributed by atoms with Crippen LogP contribution in [0.4, 0.5) is 0 Å². The molecule has 0 aromatic heterocycles. The fourth-order valence-corrected chi connectivity index (χ4v) is 2.70. The van der Waals surface area contributed by atoms with Crippen molar-refractivity contribution in [3.05, 3.63) is 35.9 Å². The lowest BCUT2D eigenvalue weighted by molar-refractivity contribution is 0.471. The van der Waals surface area contributed by atoms with Crippen LogP contribution in [0.5, 0.6) is 0 Å². The average molecular weight is 232 g/mol. The van der Waals surface area contributed by atoms with Crippen LogP contribution in [0.15, 0.2) is 30.3 Å². The molecule has 1 aromatic carbocycles. The fourth-order valence-electron chi connectivity index (χ4n) is 2.70. The molecule has 0 heterocycles. The van der Waals surface area contributed by atoms with Crippen LogP contribution in [0.3, 0.4) is 0 Å². The third-order valence-electron chi connectivity index (χ3n) is 3.70. The Balaban J connectivity index is 1.69. The first-order chi connectivity index (χ1) is 8.24. The molecule has 0 radical (unpaired) electrons. The molecule has 1 aliphatic carbocycles. The molecule has 2 rings (SSSR count). The van der Waals surface area contributed by atoms with Gasteiger partial charge >= 0.3 is 0 Å². The van der Waals surface area contributed by atoms with E-state index in [1.807, 2.05) is 6.07 Å². The van der Waals surface area contributed by atoms with Gasteiger partial charge in [-0.15, -0.1) is 0 Å². The van der Waals surface area contributed by atoms with E-state index in [1.165, 1.54) is 24.8 Å². The molecule has 1 aromatic rings. The molecule has 3 N–H and O–H groups in total. The lowest BCUT2D eigenvalue weighted by Crippen LogP contribution is -2.39. The molecule has 0 saturated heterocycles. The van der Waals surface area contributed by atoms with Gasteiger partial charge in [-0.3, -0.25) is 0 Å². The van der Waals surface area contributed by atoms with Crippen LogP contribution in [0.1, 0.15) is 31.7 Å². The standard InChI is InChI=1S/C15H24N2/c1-12-7-8-15(9-12)17-11-14(16)10-13-5-3-2-4-6-13/h2-6,12,14-15,17H,7-11,16H2,1H3. The molecule has 1 fully saturated rings. The fraction of sp³-hybridized carbons (Fsp3) is 0.600. The monoisotopic (exact) mass is 232 g/mol. The second-order valence-electron chi connectivity index (χ2n) is 5.47. The molecular formula is C15H24N2. The topological polar surface area (TPSA) is 38.0 Å². The number of hydrogen-bond acceptors (Lipinski definition) is 2. The predicted octanol–water partition coefficient (Wildman–Crippen LogP) is 2.33. The second-order valence-corrected chi connectivity index (χ2v) is 5.47. The number of rotatable bonds is 5. The summed E-state index contributed by atoms with van der Waals surface area (Å²) in [6, 6.07) is 11.4. The van der Waals surface area contributed by atoms with Crippen molar-refractivity contribution in [1.82, 2.24) is 5.32 Å². The van der Waals surface area contributed by atoms with Crippen LogP contribution in [0, 0.1) is 5.92 Å². The highest BCUT2D eigenvalue weighted by Crippen LogP contribution is 2.24. The Kier molecular flexibility index (Phi) is 4.57. The van der Waals surface area contributed by atoms with Crippen LogP contribution in [-0.2, 0) is 6.42 Å². The summed E-state index contributed by atoms with van der Waals surface area (Å²) in [5, 5.41) is 3.61. The lowest BCUT2D eigenvalue weighted by atomic mass is 10.1. The molecule has 94 valence electrons. The van der Waals surface area contributed by atoms with Crippen LogP contribution in [0.2, 0.25) is 0 Å². The van der Waals surface area contributed by atoms with Gasteiger partial charge < -0.3 is 11.1 Å². The number of nitrogens with two attached hydrogens (primary N) is 1. The number of hydrogen-bond donors (Lipinski definition) is 2. The lowest BCUT2D eigenvalue weighted by Gasteiger charge is -2.17. The summed E-state index contributed by atoms with van der Waals surface area (Å²) in [7, 11) is 0. The zero-order valence-corrected chi connectivity index (χ0v) is 10.7. The van der Waals surface area contributed by atoms with Crippen LogP contribution in [0.25, 0.3) is 0 Å². The van der Waals surface area contributed by atoms with Crippen LogP contribution >= 0.6 is 0 Å². The van der Waals surface area contributed by atoms with Crippen molar-refractivity contribution in [3.8, 4) is 0 Å². The molecule has 2 heteroatoms. The summed E-state index contributed by atoms with van der Waals surface area (Å²) >= 11 is 0. The van der Waals surface area contributed by atoms with Crippen molar-refractivity contribution in [2.45, 2.75) is 44.7 Å². The molecule has 1 saturated carbocycles. The zero-order valence-electron chi connectivity index (χ0n) is 10.7. The van der Waals surface area contributed by atoms with E-state index in [1.54, 1.807) is 0 Å². The van der Waals surface area contributed by atoms with Gasteiger partial charge in [-0.05, 0) is 37.2 Å². The molecule has 1 aliphatic rings. The third kappa shape index (κ3) is 4.14. The van der Waals surface area contributed by atoms with Gasteiger partial charge in [-0.2, -0.15) is 0 Å². The highest BCUT2D eigenvalue weighted by atomic mass is 14.9. The predicted molar refractivity (Wildman–Crippen MR) is 72.9 cm³/mol. The van der Waals surface area contributed by atoms with E-state index < -0.39 is 0 Å². The molecule has 0 spiro atoms. The summed E-state index contributed by atoms with van der Waals surface area (Å²) in [4.78, 5) is 0. The summed E-state index contributed by atoms with van der Waals surface area (Å²) in [5.41, 5.74) is 7.49. The molecule has 2 nitrogen and oxygen atoms in total. The summed E-state index contributed by atoms with van der Waals surface area (Å²) < 4.78 is 0. The van der Waals surface area contributed by atoms with Gasteiger partial charge in [0.15, 0.2) is 0 Å². The third-order valence-corrected chi connectivity index (χ3v) is 3.70. The molecule has 3 atom stereocenters. The Hall–Kier alpha value is -0.860. The normalized spacial score (nSPS) is 26.0. The van der Waals surface area contributed by atoms with E-state index >= 15 is 0 Å². The Labute approximate surface area is 105 Å². The summed E-state index contributed by atoms with van der Waals surface area (Å²) in [6.07, 6.45) is 4.97. The molecule has 0 bridgehead atoms. The van der Waals surface area contributed by atoms with Crippen LogP contribution in [-0.4, -0.2) is 18.6 Å². The smallest absolute Gasteiger partial charge is 0.0206 e. The molecule has 0 aliphatic heterocycles. The van der Waals surface area contributed by atoms with E-state index in [0.717, 1.165) is 18.9 Å². The average Bonchev–Trinajstić information content (AvgIpc) is 2.74. The van der Waals surface area contributed by atoms with Crippen molar-refractivity contribution in [1.29, 1.82) is 0 Å². The first kappa shape index (κ1) is 12.6. The van der Waals surface area contributed by atoms with Crippen molar-refractivity contribution in [2.24, 2.45) is 11.7 Å². The first-order valence-electron chi connectivity index (χ1n) is 6.77. The quantitative estimate of drug-likeness (QED) is 0.817. The van der Waals surface area contributed by atoms with E-state index in [0.29, 0.717) is 6.04 Å². The van der Waals surface area contributed by atoms with Crippen molar-refractivity contribution in [3.63, 3.8) is 0 Å². The minimum absolute atomic E-state index is 0.230. The van der Waals surface area contributed by atoms with Crippen molar-refractivity contribution >= 4 is 0 Å². The van der Waals surface area contributed by atoms with Gasteiger partial charge in [0.25, 0.3) is 0 Å². The molecule has 0 amide bonds. The summed E-state index contributed by atoms with van der Waals surface area (Å²) in [6.45, 7) is 3.28. The largest absolute Gasteiger partial charge is 0.326 e. The Morgan fingerprint density at radius 3 is 2.71 bits per heavy atom. The number of benzene rings is 1. The van der Waals surface area contributed by atoms with E-state index in [9.17, 15) is 0 Å². The minimum Gasteiger partial charge on any atom is -0.326 e. The SMILES string of the molecule is CC1CCC(NCC(N)Cc2ccccc2)C1. The highest BCUT2D eigenvalue weighted by molar-refractivity contribution is 5.15. The van der Waals surface area contributed by atoms with E-state index in [2.05, 4.69) is 36.5 Å². The minimum atomic E-state index is 0.230. The van der Waals surface area contributed by atoms with E-state index in [-0.39, 0.29) is 6.04 Å². The van der Waals surface area contributed by atoms with Gasteiger partial charge in [0.1, 0.15) is 0 Å². The van der Waals surface area contributed by atoms with E-state index in [4.69, 9.17) is 5.73 Å². The van der Waals surface area contributed by atoms with Gasteiger partial charge in [-0.25, -0.2) is 0 Å². The van der Waals surface area contributed by atoms with Gasteiger partial charge in [0.05, 0.1) is 0 Å². The summed E-state index contributed by atoms with van der Waals surface area (Å²) in [5.74, 6) is 0.887. The first-order valence-corrected chi connectivity index (χ1v) is 6.77. The number of nitrogens with one attached hydrogen (secondary N) is 1. The highest BCUT2D eigenvalue weighted by Gasteiger charge is 2.20. The molecule has 3 unspecified atom stereocenters. The van der Waals surface area contributed by atoms with Crippen molar-refractivity contribution < 1.29 is 0 Å². The zero-order chi connectivity index (χ0) is 12.1. The Bertz CT molecular complexity index is 323. The maximum atomic E-state index is 6.16. The Morgan fingerprint density at radius 1 is 1.29 bits per heavy atom.